The molecule has 1 N–H and O–H groups in total. The van der Waals surface area contributed by atoms with Crippen molar-refractivity contribution in [3.05, 3.63) is 60.4 Å². The molecule has 1 aliphatic heterocycles. The maximum absolute atomic E-state index is 12.9. The summed E-state index contributed by atoms with van der Waals surface area (Å²) in [6.45, 7) is 0.570. The second kappa shape index (κ2) is 7.69. The largest absolute Gasteiger partial charge is 0.482 e. The Morgan fingerprint density at radius 2 is 2.00 bits per heavy atom. The van der Waals surface area contributed by atoms with Gasteiger partial charge in [-0.05, 0) is 37.0 Å². The summed E-state index contributed by atoms with van der Waals surface area (Å²) in [4.78, 5) is 18.8. The third-order valence-corrected chi connectivity index (χ3v) is 6.07. The van der Waals surface area contributed by atoms with E-state index in [-0.39, 0.29) is 24.5 Å². The van der Waals surface area contributed by atoms with Gasteiger partial charge in [0.1, 0.15) is 5.75 Å². The molecule has 2 heterocycles. The molecule has 5 heteroatoms. The van der Waals surface area contributed by atoms with Crippen LogP contribution in [-0.2, 0) is 10.4 Å². The average molecular weight is 366 g/mol. The minimum Gasteiger partial charge on any atom is -0.482 e. The van der Waals surface area contributed by atoms with Crippen LogP contribution >= 0.6 is 0 Å². The predicted molar refractivity (Wildman–Crippen MR) is 102 cm³/mol. The van der Waals surface area contributed by atoms with Gasteiger partial charge in [0.15, 0.2) is 6.61 Å². The van der Waals surface area contributed by atoms with Gasteiger partial charge in [0.05, 0.1) is 11.8 Å². The molecule has 0 bridgehead atoms. The lowest BCUT2D eigenvalue weighted by molar-refractivity contribution is -0.156. The van der Waals surface area contributed by atoms with Crippen molar-refractivity contribution in [1.29, 1.82) is 0 Å². The van der Waals surface area contributed by atoms with Crippen LogP contribution in [0.1, 0.15) is 37.7 Å². The topological polar surface area (TPSA) is 62.7 Å². The molecule has 1 aromatic heterocycles. The summed E-state index contributed by atoms with van der Waals surface area (Å²) in [5.41, 5.74) is 0.119. The molecule has 4 rings (SSSR count). The molecule has 1 saturated heterocycles. The number of amides is 1. The van der Waals surface area contributed by atoms with Crippen molar-refractivity contribution in [1.82, 2.24) is 9.88 Å². The normalized spacial score (nSPS) is 27.7. The molecule has 5 nitrogen and oxygen atoms in total. The number of hydrogen-bond donors (Lipinski definition) is 1. The van der Waals surface area contributed by atoms with Crippen LogP contribution < -0.4 is 4.74 Å². The van der Waals surface area contributed by atoms with E-state index in [1.54, 1.807) is 24.5 Å². The lowest BCUT2D eigenvalue weighted by Gasteiger charge is -2.52. The first-order valence-electron chi connectivity index (χ1n) is 9.79. The van der Waals surface area contributed by atoms with E-state index in [9.17, 15) is 9.90 Å². The van der Waals surface area contributed by atoms with Crippen molar-refractivity contribution in [2.24, 2.45) is 5.92 Å². The zero-order chi connectivity index (χ0) is 18.7. The van der Waals surface area contributed by atoms with E-state index in [4.69, 9.17) is 4.74 Å². The predicted octanol–water partition coefficient (Wildman–Crippen LogP) is 3.14. The van der Waals surface area contributed by atoms with Gasteiger partial charge in [0.25, 0.3) is 5.91 Å². The van der Waals surface area contributed by atoms with Gasteiger partial charge in [-0.2, -0.15) is 0 Å². The van der Waals surface area contributed by atoms with E-state index in [2.05, 4.69) is 4.98 Å². The summed E-state index contributed by atoms with van der Waals surface area (Å²) in [7, 11) is 0. The van der Waals surface area contributed by atoms with Gasteiger partial charge >= 0.3 is 0 Å². The Balaban J connectivity index is 1.50. The highest BCUT2D eigenvalue weighted by molar-refractivity contribution is 5.78. The lowest BCUT2D eigenvalue weighted by Crippen LogP contribution is -2.59. The molecule has 2 aromatic rings. The number of piperidine rings is 1. The SMILES string of the molecule is O=C(COc1cccnc1)N1CC[C@@](O)(c2ccccc2)[C@H]2CCCC[C@@H]21. The summed E-state index contributed by atoms with van der Waals surface area (Å²) < 4.78 is 5.62. The van der Waals surface area contributed by atoms with Crippen LogP contribution in [0.4, 0.5) is 0 Å². The zero-order valence-corrected chi connectivity index (χ0v) is 15.5. The van der Waals surface area contributed by atoms with Crippen LogP contribution in [0.3, 0.4) is 0 Å². The number of hydrogen-bond acceptors (Lipinski definition) is 4. The number of likely N-dealkylation sites (tertiary alicyclic amines) is 1. The van der Waals surface area contributed by atoms with Gasteiger partial charge in [0.2, 0.25) is 0 Å². The number of nitrogens with zero attached hydrogens (tertiary/aromatic N) is 2. The van der Waals surface area contributed by atoms with E-state index in [1.807, 2.05) is 35.2 Å². The van der Waals surface area contributed by atoms with Crippen molar-refractivity contribution < 1.29 is 14.6 Å². The van der Waals surface area contributed by atoms with Gasteiger partial charge in [-0.1, -0.05) is 43.2 Å². The zero-order valence-electron chi connectivity index (χ0n) is 15.5. The minimum absolute atomic E-state index is 0.00846. The van der Waals surface area contributed by atoms with Crippen LogP contribution in [0.25, 0.3) is 0 Å². The van der Waals surface area contributed by atoms with Gasteiger partial charge in [0, 0.05) is 24.7 Å². The highest BCUT2D eigenvalue weighted by Crippen LogP contribution is 2.46. The van der Waals surface area contributed by atoms with E-state index in [0.29, 0.717) is 18.7 Å². The standard InChI is InChI=1S/C22H26N2O3/c25-21(16-27-18-9-6-13-23-15-18)24-14-12-22(26,17-7-2-1-3-8-17)19-10-4-5-11-20(19)24/h1-3,6-9,13,15,19-20,26H,4-5,10-12,14,16H2/t19-,20-,22+/m0/s1. The number of aliphatic hydroxyl groups is 1. The summed E-state index contributed by atoms with van der Waals surface area (Å²) >= 11 is 0. The number of ether oxygens (including phenoxy) is 1. The van der Waals surface area contributed by atoms with Gasteiger partial charge in [-0.15, -0.1) is 0 Å². The third-order valence-electron chi connectivity index (χ3n) is 6.07. The highest BCUT2D eigenvalue weighted by atomic mass is 16.5. The maximum atomic E-state index is 12.9. The fourth-order valence-corrected chi connectivity index (χ4v) is 4.74. The number of carbonyl (C=O) groups is 1. The van der Waals surface area contributed by atoms with Crippen LogP contribution in [-0.4, -0.2) is 40.1 Å². The molecule has 0 spiro atoms. The maximum Gasteiger partial charge on any atom is 0.260 e. The molecular weight excluding hydrogens is 340 g/mol. The number of aromatic nitrogens is 1. The van der Waals surface area contributed by atoms with Crippen molar-refractivity contribution in [3.8, 4) is 5.75 Å². The molecule has 3 atom stereocenters. The number of pyridine rings is 1. The second-order valence-corrected chi connectivity index (χ2v) is 7.56. The molecule has 142 valence electrons. The Morgan fingerprint density at radius 1 is 1.19 bits per heavy atom. The van der Waals surface area contributed by atoms with Gasteiger partial charge < -0.3 is 14.7 Å². The molecular formula is C22H26N2O3. The third kappa shape index (κ3) is 3.56. The van der Waals surface area contributed by atoms with E-state index in [0.717, 1.165) is 31.2 Å². The Hall–Kier alpha value is -2.40. The Kier molecular flexibility index (Phi) is 5.12. The fourth-order valence-electron chi connectivity index (χ4n) is 4.74. The molecule has 1 aliphatic carbocycles. The first kappa shape index (κ1) is 18.0. The Labute approximate surface area is 160 Å². The molecule has 2 fully saturated rings. The molecule has 1 amide bonds. The Bertz CT molecular complexity index is 768. The summed E-state index contributed by atoms with van der Waals surface area (Å²) in [5, 5.41) is 11.6. The number of carbonyl (C=O) groups excluding carboxylic acids is 1. The van der Waals surface area contributed by atoms with Gasteiger partial charge in [-0.3, -0.25) is 9.78 Å². The van der Waals surface area contributed by atoms with Crippen LogP contribution in [0.15, 0.2) is 54.9 Å². The summed E-state index contributed by atoms with van der Waals surface area (Å²) in [5.74, 6) is 0.666. The number of fused-ring (bicyclic) bond motifs is 1. The summed E-state index contributed by atoms with van der Waals surface area (Å²) in [6.07, 6.45) is 7.94. The van der Waals surface area contributed by atoms with E-state index < -0.39 is 5.60 Å². The van der Waals surface area contributed by atoms with E-state index >= 15 is 0 Å². The fraction of sp³-hybridized carbons (Fsp3) is 0.455. The van der Waals surface area contributed by atoms with E-state index in [1.165, 1.54) is 0 Å². The first-order valence-corrected chi connectivity index (χ1v) is 9.79. The minimum atomic E-state index is -0.854. The van der Waals surface area contributed by atoms with Crippen molar-refractivity contribution in [3.63, 3.8) is 0 Å². The first-order chi connectivity index (χ1) is 13.2. The van der Waals surface area contributed by atoms with Crippen molar-refractivity contribution in [2.75, 3.05) is 13.2 Å². The number of rotatable bonds is 4. The van der Waals surface area contributed by atoms with Crippen LogP contribution in [0, 0.1) is 5.92 Å². The Morgan fingerprint density at radius 3 is 2.78 bits per heavy atom. The molecule has 2 aliphatic rings. The highest BCUT2D eigenvalue weighted by Gasteiger charge is 2.50. The molecule has 0 unspecified atom stereocenters. The molecule has 27 heavy (non-hydrogen) atoms. The second-order valence-electron chi connectivity index (χ2n) is 7.56. The monoisotopic (exact) mass is 366 g/mol. The average Bonchev–Trinajstić information content (AvgIpc) is 2.74. The molecule has 1 aromatic carbocycles. The van der Waals surface area contributed by atoms with Crippen LogP contribution in [0.2, 0.25) is 0 Å². The quantitative estimate of drug-likeness (QED) is 0.903. The van der Waals surface area contributed by atoms with Crippen molar-refractivity contribution in [2.45, 2.75) is 43.7 Å². The van der Waals surface area contributed by atoms with Gasteiger partial charge in [-0.25, -0.2) is 0 Å². The van der Waals surface area contributed by atoms with Crippen molar-refractivity contribution >= 4 is 5.91 Å². The molecule has 1 saturated carbocycles. The summed E-state index contributed by atoms with van der Waals surface area (Å²) in [6, 6.07) is 13.6. The molecule has 0 radical (unpaired) electrons. The smallest absolute Gasteiger partial charge is 0.260 e. The number of benzene rings is 1. The van der Waals surface area contributed by atoms with Crippen LogP contribution in [0.5, 0.6) is 5.75 Å². The lowest BCUT2D eigenvalue weighted by atomic mass is 9.66.